The van der Waals surface area contributed by atoms with Gasteiger partial charge in [-0.15, -0.1) is 0 Å². The van der Waals surface area contributed by atoms with Gasteiger partial charge in [0.15, 0.2) is 0 Å². The molecule has 1 aliphatic rings. The number of carbonyl (C=O) groups is 2. The van der Waals surface area contributed by atoms with E-state index in [2.05, 4.69) is 10.4 Å². The highest BCUT2D eigenvalue weighted by molar-refractivity contribution is 6.30. The van der Waals surface area contributed by atoms with Gasteiger partial charge in [0.25, 0.3) is 5.91 Å². The summed E-state index contributed by atoms with van der Waals surface area (Å²) in [6, 6.07) is 17.2. The minimum Gasteiger partial charge on any atom is -0.352 e. The van der Waals surface area contributed by atoms with Crippen molar-refractivity contribution in [3.05, 3.63) is 82.6 Å². The molecular weight excluding hydrogens is 424 g/mol. The molecule has 2 amide bonds. The maximum absolute atomic E-state index is 13.1. The van der Waals surface area contributed by atoms with Crippen LogP contribution in [0.1, 0.15) is 40.9 Å². The summed E-state index contributed by atoms with van der Waals surface area (Å²) in [6.45, 7) is 3.68. The number of benzene rings is 2. The molecule has 0 radical (unpaired) electrons. The number of rotatable bonds is 6. The van der Waals surface area contributed by atoms with Crippen LogP contribution in [0.2, 0.25) is 5.02 Å². The summed E-state index contributed by atoms with van der Waals surface area (Å²) < 4.78 is 1.75. The Kier molecular flexibility index (Phi) is 6.90. The highest BCUT2D eigenvalue weighted by atomic mass is 35.5. The molecular formula is C25H27ClN4O2. The molecule has 2 aromatic carbocycles. The van der Waals surface area contributed by atoms with E-state index in [9.17, 15) is 9.59 Å². The number of halogens is 1. The Morgan fingerprint density at radius 2 is 1.75 bits per heavy atom. The van der Waals surface area contributed by atoms with Crippen molar-refractivity contribution < 1.29 is 9.59 Å². The average Bonchev–Trinajstić information content (AvgIpc) is 3.21. The number of para-hydroxylation sites is 1. The third-order valence-corrected chi connectivity index (χ3v) is 6.18. The molecule has 6 nitrogen and oxygen atoms in total. The van der Waals surface area contributed by atoms with Crippen LogP contribution in [-0.4, -0.2) is 39.6 Å². The Labute approximate surface area is 193 Å². The van der Waals surface area contributed by atoms with E-state index in [1.807, 2.05) is 72.6 Å². The van der Waals surface area contributed by atoms with E-state index in [1.165, 1.54) is 0 Å². The monoisotopic (exact) mass is 450 g/mol. The smallest absolute Gasteiger partial charge is 0.257 e. The number of likely N-dealkylation sites (tertiary alicyclic amines) is 1. The van der Waals surface area contributed by atoms with E-state index >= 15 is 0 Å². The summed E-state index contributed by atoms with van der Waals surface area (Å²) in [5, 5.41) is 8.17. The fraction of sp³-hybridized carbons (Fsp3) is 0.320. The zero-order valence-electron chi connectivity index (χ0n) is 18.1. The van der Waals surface area contributed by atoms with Crippen molar-refractivity contribution >= 4 is 23.4 Å². The van der Waals surface area contributed by atoms with E-state index < -0.39 is 0 Å². The molecule has 32 heavy (non-hydrogen) atoms. The second-order valence-corrected chi connectivity index (χ2v) is 8.69. The number of carbonyl (C=O) groups excluding carboxylic acids is 2. The summed E-state index contributed by atoms with van der Waals surface area (Å²) in [6.07, 6.45) is 3.95. The Hall–Kier alpha value is -3.12. The number of hydrogen-bond donors (Lipinski definition) is 1. The van der Waals surface area contributed by atoms with Gasteiger partial charge in [0.05, 0.1) is 16.9 Å². The summed E-state index contributed by atoms with van der Waals surface area (Å²) in [4.78, 5) is 27.3. The molecule has 166 valence electrons. The zero-order chi connectivity index (χ0) is 22.5. The van der Waals surface area contributed by atoms with Crippen LogP contribution in [-0.2, 0) is 11.3 Å². The van der Waals surface area contributed by atoms with Crippen molar-refractivity contribution in [3.63, 3.8) is 0 Å². The maximum atomic E-state index is 13.1. The summed E-state index contributed by atoms with van der Waals surface area (Å²) in [5.41, 5.74) is 3.31. The molecule has 0 atom stereocenters. The van der Waals surface area contributed by atoms with E-state index in [0.717, 1.165) is 29.8 Å². The molecule has 1 aliphatic heterocycles. The predicted octanol–water partition coefficient (Wildman–Crippen LogP) is 4.39. The second-order valence-electron chi connectivity index (χ2n) is 8.25. The fourth-order valence-corrected chi connectivity index (χ4v) is 4.16. The third kappa shape index (κ3) is 5.37. The molecule has 1 fully saturated rings. The highest BCUT2D eigenvalue weighted by Crippen LogP contribution is 2.23. The topological polar surface area (TPSA) is 67.2 Å². The fourth-order valence-electron chi connectivity index (χ4n) is 4.03. The second kappa shape index (κ2) is 10.0. The van der Waals surface area contributed by atoms with Crippen molar-refractivity contribution in [3.8, 4) is 5.69 Å². The lowest BCUT2D eigenvalue weighted by atomic mass is 9.93. The van der Waals surface area contributed by atoms with Crippen LogP contribution in [0.3, 0.4) is 0 Å². The number of piperidine rings is 1. The molecule has 0 bridgehead atoms. The first-order valence-corrected chi connectivity index (χ1v) is 11.3. The minimum absolute atomic E-state index is 0.00956. The zero-order valence-corrected chi connectivity index (χ0v) is 18.9. The number of nitrogens with zero attached hydrogens (tertiary/aromatic N) is 3. The maximum Gasteiger partial charge on any atom is 0.257 e. The number of aromatic nitrogens is 2. The van der Waals surface area contributed by atoms with E-state index in [0.29, 0.717) is 36.6 Å². The van der Waals surface area contributed by atoms with Gasteiger partial charge in [-0.3, -0.25) is 9.59 Å². The number of aryl methyl sites for hydroxylation is 1. The quantitative estimate of drug-likeness (QED) is 0.605. The van der Waals surface area contributed by atoms with Crippen LogP contribution in [0.5, 0.6) is 0 Å². The third-order valence-electron chi connectivity index (χ3n) is 5.93. The van der Waals surface area contributed by atoms with E-state index in [1.54, 1.807) is 4.68 Å². The first-order chi connectivity index (χ1) is 15.5. The SMILES string of the molecule is Cc1nn(-c2ccccc2)cc1C(=O)N1CCC(CC(=O)NCc2ccc(Cl)cc2)CC1. The van der Waals surface area contributed by atoms with Gasteiger partial charge in [-0.05, 0) is 55.5 Å². The lowest BCUT2D eigenvalue weighted by molar-refractivity contribution is -0.122. The highest BCUT2D eigenvalue weighted by Gasteiger charge is 2.27. The Bertz CT molecular complexity index is 1070. The summed E-state index contributed by atoms with van der Waals surface area (Å²) in [5.74, 6) is 0.345. The Morgan fingerprint density at radius 3 is 2.44 bits per heavy atom. The molecule has 7 heteroatoms. The van der Waals surface area contributed by atoms with Gasteiger partial charge in [0.2, 0.25) is 5.91 Å². The van der Waals surface area contributed by atoms with Crippen LogP contribution in [0.4, 0.5) is 0 Å². The van der Waals surface area contributed by atoms with Gasteiger partial charge in [-0.25, -0.2) is 4.68 Å². The summed E-state index contributed by atoms with van der Waals surface area (Å²) in [7, 11) is 0. The Balaban J connectivity index is 1.27. The first kappa shape index (κ1) is 22.1. The molecule has 3 aromatic rings. The van der Waals surface area contributed by atoms with Gasteiger partial charge in [0, 0.05) is 37.3 Å². The molecule has 0 spiro atoms. The van der Waals surface area contributed by atoms with Gasteiger partial charge < -0.3 is 10.2 Å². The molecule has 1 N–H and O–H groups in total. The van der Waals surface area contributed by atoms with Gasteiger partial charge >= 0.3 is 0 Å². The van der Waals surface area contributed by atoms with Crippen molar-refractivity contribution in [2.45, 2.75) is 32.7 Å². The normalized spacial score (nSPS) is 14.4. The number of hydrogen-bond acceptors (Lipinski definition) is 3. The van der Waals surface area contributed by atoms with E-state index in [-0.39, 0.29) is 17.7 Å². The van der Waals surface area contributed by atoms with E-state index in [4.69, 9.17) is 11.6 Å². The van der Waals surface area contributed by atoms with Crippen LogP contribution in [0.15, 0.2) is 60.8 Å². The first-order valence-electron chi connectivity index (χ1n) is 10.9. The molecule has 0 aliphatic carbocycles. The van der Waals surface area contributed by atoms with Gasteiger partial charge in [0.1, 0.15) is 0 Å². The van der Waals surface area contributed by atoms with Crippen molar-refractivity contribution in [1.82, 2.24) is 20.0 Å². The Morgan fingerprint density at radius 1 is 1.06 bits per heavy atom. The average molecular weight is 451 g/mol. The molecule has 1 saturated heterocycles. The predicted molar refractivity (Wildman–Crippen MR) is 125 cm³/mol. The van der Waals surface area contributed by atoms with Gasteiger partial charge in [-0.1, -0.05) is 41.9 Å². The molecule has 0 saturated carbocycles. The molecule has 0 unspecified atom stereocenters. The lowest BCUT2D eigenvalue weighted by Crippen LogP contribution is -2.39. The largest absolute Gasteiger partial charge is 0.352 e. The molecule has 1 aromatic heterocycles. The van der Waals surface area contributed by atoms with Gasteiger partial charge in [-0.2, -0.15) is 5.10 Å². The molecule has 4 rings (SSSR count). The standard InChI is InChI=1S/C25H27ClN4O2/c1-18-23(17-30(28-18)22-5-3-2-4-6-22)25(32)29-13-11-19(12-14-29)15-24(31)27-16-20-7-9-21(26)10-8-20/h2-10,17,19H,11-16H2,1H3,(H,27,31). The van der Waals surface area contributed by atoms with Crippen molar-refractivity contribution in [1.29, 1.82) is 0 Å². The van der Waals surface area contributed by atoms with Crippen LogP contribution in [0.25, 0.3) is 5.69 Å². The minimum atomic E-state index is 0.00956. The number of nitrogens with one attached hydrogen (secondary N) is 1. The molecule has 2 heterocycles. The lowest BCUT2D eigenvalue weighted by Gasteiger charge is -2.31. The van der Waals surface area contributed by atoms with Crippen molar-refractivity contribution in [2.24, 2.45) is 5.92 Å². The summed E-state index contributed by atoms with van der Waals surface area (Å²) >= 11 is 5.89. The number of amides is 2. The van der Waals surface area contributed by atoms with Crippen molar-refractivity contribution in [2.75, 3.05) is 13.1 Å². The van der Waals surface area contributed by atoms with Crippen LogP contribution in [0, 0.1) is 12.8 Å². The van der Waals surface area contributed by atoms with Crippen LogP contribution < -0.4 is 5.32 Å². The van der Waals surface area contributed by atoms with Crippen LogP contribution >= 0.6 is 11.6 Å².